The van der Waals surface area contributed by atoms with E-state index in [0.717, 1.165) is 0 Å². The van der Waals surface area contributed by atoms with Gasteiger partial charge in [0.2, 0.25) is 0 Å². The first-order valence-corrected chi connectivity index (χ1v) is 7.50. The second-order valence-electron chi connectivity index (χ2n) is 5.53. The van der Waals surface area contributed by atoms with Crippen molar-refractivity contribution in [2.24, 2.45) is 0 Å². The first kappa shape index (κ1) is 12.8. The van der Waals surface area contributed by atoms with Crippen molar-refractivity contribution in [3.63, 3.8) is 0 Å². The van der Waals surface area contributed by atoms with E-state index in [2.05, 4.69) is 79.4 Å². The molecule has 4 rings (SSSR count). The minimum atomic E-state index is 1.23. The Labute approximate surface area is 130 Å². The van der Waals surface area contributed by atoms with Gasteiger partial charge < -0.3 is 0 Å². The standard InChI is InChI=1S/C22H16/c1-2-3-7-16-10-6-11-17-12-13-20-14-18-8-4-5-9-19(18)15-21(20)22(16)17/h2-15H,1H2/b7-3+. The van der Waals surface area contributed by atoms with Crippen molar-refractivity contribution in [3.8, 4) is 0 Å². The van der Waals surface area contributed by atoms with Crippen LogP contribution in [-0.4, -0.2) is 0 Å². The van der Waals surface area contributed by atoms with Gasteiger partial charge in [0.15, 0.2) is 0 Å². The smallest absolute Gasteiger partial charge is 0.00326 e. The average Bonchev–Trinajstić information content (AvgIpc) is 2.57. The van der Waals surface area contributed by atoms with E-state index in [1.54, 1.807) is 0 Å². The fourth-order valence-corrected chi connectivity index (χ4v) is 3.14. The molecule has 104 valence electrons. The van der Waals surface area contributed by atoms with Crippen LogP contribution >= 0.6 is 0 Å². The van der Waals surface area contributed by atoms with Gasteiger partial charge in [-0.2, -0.15) is 0 Å². The third-order valence-corrected chi connectivity index (χ3v) is 4.17. The van der Waals surface area contributed by atoms with Gasteiger partial charge in [-0.1, -0.05) is 79.4 Å². The maximum Gasteiger partial charge on any atom is -0.00326 e. The van der Waals surface area contributed by atoms with Crippen LogP contribution < -0.4 is 0 Å². The number of rotatable bonds is 2. The molecule has 0 aromatic heterocycles. The Kier molecular flexibility index (Phi) is 3.01. The lowest BCUT2D eigenvalue weighted by Crippen LogP contribution is -1.83. The summed E-state index contributed by atoms with van der Waals surface area (Å²) in [7, 11) is 0. The summed E-state index contributed by atoms with van der Waals surface area (Å²) in [5.74, 6) is 0. The van der Waals surface area contributed by atoms with E-state index >= 15 is 0 Å². The highest BCUT2D eigenvalue weighted by atomic mass is 14.1. The van der Waals surface area contributed by atoms with E-state index in [4.69, 9.17) is 0 Å². The Morgan fingerprint density at radius 2 is 1.41 bits per heavy atom. The number of hydrogen-bond donors (Lipinski definition) is 0. The van der Waals surface area contributed by atoms with Crippen LogP contribution in [0.4, 0.5) is 0 Å². The van der Waals surface area contributed by atoms with E-state index < -0.39 is 0 Å². The maximum absolute atomic E-state index is 3.77. The molecular formula is C22H16. The minimum Gasteiger partial charge on any atom is -0.0991 e. The van der Waals surface area contributed by atoms with Crippen LogP contribution in [0.5, 0.6) is 0 Å². The quantitative estimate of drug-likeness (QED) is 0.228. The summed E-state index contributed by atoms with van der Waals surface area (Å²) in [5.41, 5.74) is 1.23. The predicted octanol–water partition coefficient (Wildman–Crippen LogP) is 6.35. The van der Waals surface area contributed by atoms with Crippen LogP contribution in [0.3, 0.4) is 0 Å². The molecule has 0 spiro atoms. The molecular weight excluding hydrogens is 264 g/mol. The summed E-state index contributed by atoms with van der Waals surface area (Å²) < 4.78 is 0. The van der Waals surface area contributed by atoms with Crippen molar-refractivity contribution in [2.75, 3.05) is 0 Å². The normalized spacial score (nSPS) is 11.6. The van der Waals surface area contributed by atoms with Gasteiger partial charge in [-0.3, -0.25) is 0 Å². The van der Waals surface area contributed by atoms with Crippen LogP contribution in [0.15, 0.2) is 85.5 Å². The molecule has 22 heavy (non-hydrogen) atoms. The molecule has 0 aliphatic carbocycles. The third kappa shape index (κ3) is 2.01. The van der Waals surface area contributed by atoms with Crippen molar-refractivity contribution in [1.82, 2.24) is 0 Å². The van der Waals surface area contributed by atoms with Crippen LogP contribution in [0, 0.1) is 0 Å². The van der Waals surface area contributed by atoms with Crippen molar-refractivity contribution in [3.05, 3.63) is 91.0 Å². The van der Waals surface area contributed by atoms with Crippen LogP contribution in [-0.2, 0) is 0 Å². The van der Waals surface area contributed by atoms with E-state index in [1.165, 1.54) is 37.9 Å². The number of hydrogen-bond acceptors (Lipinski definition) is 0. The van der Waals surface area contributed by atoms with E-state index in [1.807, 2.05) is 12.2 Å². The summed E-state index contributed by atoms with van der Waals surface area (Å²) in [6, 6.07) is 24.0. The summed E-state index contributed by atoms with van der Waals surface area (Å²) in [6.07, 6.45) is 5.94. The fraction of sp³-hybridized carbons (Fsp3) is 0. The van der Waals surface area contributed by atoms with Gasteiger partial charge in [-0.05, 0) is 50.0 Å². The summed E-state index contributed by atoms with van der Waals surface area (Å²) in [6.45, 7) is 3.77. The highest BCUT2D eigenvalue weighted by Crippen LogP contribution is 2.32. The molecule has 0 heteroatoms. The Morgan fingerprint density at radius 1 is 0.682 bits per heavy atom. The number of benzene rings is 4. The molecule has 0 unspecified atom stereocenters. The van der Waals surface area contributed by atoms with Gasteiger partial charge >= 0.3 is 0 Å². The van der Waals surface area contributed by atoms with Crippen LogP contribution in [0.2, 0.25) is 0 Å². The maximum atomic E-state index is 3.77. The van der Waals surface area contributed by atoms with Crippen molar-refractivity contribution < 1.29 is 0 Å². The first-order valence-electron chi connectivity index (χ1n) is 7.50. The van der Waals surface area contributed by atoms with Gasteiger partial charge in [-0.25, -0.2) is 0 Å². The Bertz CT molecular complexity index is 1040. The molecule has 0 fully saturated rings. The molecule has 4 aromatic carbocycles. The second-order valence-corrected chi connectivity index (χ2v) is 5.53. The topological polar surface area (TPSA) is 0 Å². The molecule has 0 aliphatic heterocycles. The zero-order valence-corrected chi connectivity index (χ0v) is 12.3. The average molecular weight is 280 g/mol. The molecule has 0 amide bonds. The van der Waals surface area contributed by atoms with E-state index in [9.17, 15) is 0 Å². The SMILES string of the molecule is C=C/C=C/c1cccc2ccc3cc4ccccc4cc3c12. The molecule has 0 bridgehead atoms. The molecule has 0 nitrogen and oxygen atoms in total. The Morgan fingerprint density at radius 3 is 2.23 bits per heavy atom. The van der Waals surface area contributed by atoms with Gasteiger partial charge in [0.05, 0.1) is 0 Å². The minimum absolute atomic E-state index is 1.23. The number of fused-ring (bicyclic) bond motifs is 4. The van der Waals surface area contributed by atoms with Crippen LogP contribution in [0.25, 0.3) is 38.4 Å². The summed E-state index contributed by atoms with van der Waals surface area (Å²) in [4.78, 5) is 0. The largest absolute Gasteiger partial charge is 0.0991 e. The van der Waals surface area contributed by atoms with Crippen molar-refractivity contribution >= 4 is 38.4 Å². The first-order chi connectivity index (χ1) is 10.9. The zero-order valence-electron chi connectivity index (χ0n) is 12.3. The Hall–Kier alpha value is -2.86. The number of allylic oxidation sites excluding steroid dienone is 2. The molecule has 0 atom stereocenters. The fourth-order valence-electron chi connectivity index (χ4n) is 3.14. The van der Waals surface area contributed by atoms with Crippen molar-refractivity contribution in [2.45, 2.75) is 0 Å². The lowest BCUT2D eigenvalue weighted by atomic mass is 9.95. The summed E-state index contributed by atoms with van der Waals surface area (Å²) >= 11 is 0. The van der Waals surface area contributed by atoms with Crippen LogP contribution in [0.1, 0.15) is 5.56 Å². The van der Waals surface area contributed by atoms with E-state index in [0.29, 0.717) is 0 Å². The summed E-state index contributed by atoms with van der Waals surface area (Å²) in [5, 5.41) is 7.74. The van der Waals surface area contributed by atoms with Gasteiger partial charge in [0.1, 0.15) is 0 Å². The van der Waals surface area contributed by atoms with Gasteiger partial charge in [0.25, 0.3) is 0 Å². The molecule has 0 saturated heterocycles. The highest BCUT2D eigenvalue weighted by Gasteiger charge is 2.05. The predicted molar refractivity (Wildman–Crippen MR) is 98.2 cm³/mol. The lowest BCUT2D eigenvalue weighted by molar-refractivity contribution is 1.74. The van der Waals surface area contributed by atoms with E-state index in [-0.39, 0.29) is 0 Å². The molecule has 0 N–H and O–H groups in total. The lowest BCUT2D eigenvalue weighted by Gasteiger charge is -2.09. The molecule has 0 aliphatic rings. The molecule has 0 saturated carbocycles. The van der Waals surface area contributed by atoms with Gasteiger partial charge in [-0.15, -0.1) is 0 Å². The monoisotopic (exact) mass is 280 g/mol. The highest BCUT2D eigenvalue weighted by molar-refractivity contribution is 6.14. The molecule has 0 heterocycles. The Balaban J connectivity index is 2.18. The zero-order chi connectivity index (χ0) is 14.9. The van der Waals surface area contributed by atoms with Crippen molar-refractivity contribution in [1.29, 1.82) is 0 Å². The molecule has 0 radical (unpaired) electrons. The van der Waals surface area contributed by atoms with Gasteiger partial charge in [0, 0.05) is 0 Å². The third-order valence-electron chi connectivity index (χ3n) is 4.17. The second kappa shape index (κ2) is 5.16. The molecule has 4 aromatic rings.